The minimum Gasteiger partial charge on any atom is -0.311 e. The predicted octanol–water partition coefficient (Wildman–Crippen LogP) is 2.32. The van der Waals surface area contributed by atoms with Crippen molar-refractivity contribution in [3.63, 3.8) is 0 Å². The van der Waals surface area contributed by atoms with Crippen molar-refractivity contribution < 1.29 is 8.78 Å². The quantitative estimate of drug-likeness (QED) is 0.595. The van der Waals surface area contributed by atoms with Crippen molar-refractivity contribution in [2.75, 3.05) is 6.54 Å². The zero-order valence-electron chi connectivity index (χ0n) is 7.21. The first-order valence-electron chi connectivity index (χ1n) is 4.75. The molecule has 1 saturated carbocycles. The molecule has 0 atom stereocenters. The summed E-state index contributed by atoms with van der Waals surface area (Å²) in [4.78, 5) is 0. The second-order valence-electron chi connectivity index (χ2n) is 4.17. The SMILES string of the molecule is FC1(F)CCC2(CCCN2)CC1. The first-order chi connectivity index (χ1) is 5.62. The van der Waals surface area contributed by atoms with Crippen LogP contribution in [0.5, 0.6) is 0 Å². The molecule has 0 aromatic carbocycles. The maximum atomic E-state index is 12.8. The zero-order valence-corrected chi connectivity index (χ0v) is 7.21. The number of halogens is 2. The van der Waals surface area contributed by atoms with Gasteiger partial charge in [-0.05, 0) is 32.2 Å². The molecule has 2 aliphatic rings. The van der Waals surface area contributed by atoms with Gasteiger partial charge in [0, 0.05) is 18.4 Å². The van der Waals surface area contributed by atoms with Gasteiger partial charge in [0.2, 0.25) is 5.92 Å². The Morgan fingerprint density at radius 1 is 0.917 bits per heavy atom. The lowest BCUT2D eigenvalue weighted by atomic mass is 9.79. The number of hydrogen-bond donors (Lipinski definition) is 1. The molecular formula is C9H15F2N. The fourth-order valence-corrected chi connectivity index (χ4v) is 2.39. The topological polar surface area (TPSA) is 12.0 Å². The number of alkyl halides is 2. The zero-order chi connectivity index (χ0) is 8.66. The monoisotopic (exact) mass is 175 g/mol. The van der Waals surface area contributed by atoms with Crippen LogP contribution in [0.2, 0.25) is 0 Å². The van der Waals surface area contributed by atoms with Crippen molar-refractivity contribution in [1.29, 1.82) is 0 Å². The lowest BCUT2D eigenvalue weighted by Crippen LogP contribution is -2.45. The number of hydrogen-bond acceptors (Lipinski definition) is 1. The second kappa shape index (κ2) is 2.66. The van der Waals surface area contributed by atoms with Gasteiger partial charge in [0.05, 0.1) is 0 Å². The normalized spacial score (nSPS) is 32.5. The van der Waals surface area contributed by atoms with E-state index in [4.69, 9.17) is 0 Å². The van der Waals surface area contributed by atoms with Gasteiger partial charge >= 0.3 is 0 Å². The van der Waals surface area contributed by atoms with E-state index in [9.17, 15) is 8.78 Å². The highest BCUT2D eigenvalue weighted by Gasteiger charge is 2.44. The Bertz CT molecular complexity index is 161. The predicted molar refractivity (Wildman–Crippen MR) is 43.4 cm³/mol. The molecule has 1 nitrogen and oxygen atoms in total. The van der Waals surface area contributed by atoms with E-state index >= 15 is 0 Å². The fourth-order valence-electron chi connectivity index (χ4n) is 2.39. The molecule has 1 aliphatic carbocycles. The van der Waals surface area contributed by atoms with Crippen LogP contribution in [0.15, 0.2) is 0 Å². The number of nitrogens with one attached hydrogen (secondary N) is 1. The summed E-state index contributed by atoms with van der Waals surface area (Å²) in [7, 11) is 0. The molecule has 1 saturated heterocycles. The Morgan fingerprint density at radius 3 is 2.08 bits per heavy atom. The summed E-state index contributed by atoms with van der Waals surface area (Å²) >= 11 is 0. The molecule has 1 heterocycles. The van der Waals surface area contributed by atoms with Crippen LogP contribution in [0.4, 0.5) is 8.78 Å². The lowest BCUT2D eigenvalue weighted by molar-refractivity contribution is -0.0532. The van der Waals surface area contributed by atoms with Gasteiger partial charge in [0.1, 0.15) is 0 Å². The van der Waals surface area contributed by atoms with Gasteiger partial charge < -0.3 is 5.32 Å². The first kappa shape index (κ1) is 8.42. The number of rotatable bonds is 0. The smallest absolute Gasteiger partial charge is 0.248 e. The summed E-state index contributed by atoms with van der Waals surface area (Å²) < 4.78 is 25.6. The van der Waals surface area contributed by atoms with Crippen LogP contribution in [0.3, 0.4) is 0 Å². The Balaban J connectivity index is 1.97. The summed E-state index contributed by atoms with van der Waals surface area (Å²) in [6.45, 7) is 1.02. The molecule has 2 fully saturated rings. The van der Waals surface area contributed by atoms with Gasteiger partial charge in [-0.3, -0.25) is 0 Å². The molecule has 12 heavy (non-hydrogen) atoms. The van der Waals surface area contributed by atoms with Crippen LogP contribution >= 0.6 is 0 Å². The molecule has 0 radical (unpaired) electrons. The third kappa shape index (κ3) is 1.47. The van der Waals surface area contributed by atoms with Gasteiger partial charge in [-0.25, -0.2) is 8.78 Å². The molecule has 0 unspecified atom stereocenters. The van der Waals surface area contributed by atoms with E-state index in [0.717, 1.165) is 19.4 Å². The molecule has 0 bridgehead atoms. The maximum absolute atomic E-state index is 12.8. The van der Waals surface area contributed by atoms with E-state index in [0.29, 0.717) is 12.8 Å². The molecule has 70 valence electrons. The maximum Gasteiger partial charge on any atom is 0.248 e. The molecule has 3 heteroatoms. The third-order valence-corrected chi connectivity index (χ3v) is 3.27. The Kier molecular flexibility index (Phi) is 1.86. The average Bonchev–Trinajstić information content (AvgIpc) is 2.46. The highest BCUT2D eigenvalue weighted by atomic mass is 19.3. The van der Waals surface area contributed by atoms with Crippen LogP contribution in [0, 0.1) is 0 Å². The molecule has 2 rings (SSSR count). The Hall–Kier alpha value is -0.180. The van der Waals surface area contributed by atoms with Gasteiger partial charge in [0.25, 0.3) is 0 Å². The average molecular weight is 175 g/mol. The van der Waals surface area contributed by atoms with Crippen molar-refractivity contribution >= 4 is 0 Å². The molecular weight excluding hydrogens is 160 g/mol. The van der Waals surface area contributed by atoms with E-state index in [-0.39, 0.29) is 18.4 Å². The lowest BCUT2D eigenvalue weighted by Gasteiger charge is -2.37. The third-order valence-electron chi connectivity index (χ3n) is 3.27. The van der Waals surface area contributed by atoms with Gasteiger partial charge in [-0.1, -0.05) is 0 Å². The van der Waals surface area contributed by atoms with E-state index < -0.39 is 5.92 Å². The van der Waals surface area contributed by atoms with Crippen LogP contribution in [-0.2, 0) is 0 Å². The minimum absolute atomic E-state index is 0.0833. The molecule has 1 aliphatic heterocycles. The fraction of sp³-hybridized carbons (Fsp3) is 1.00. The van der Waals surface area contributed by atoms with Crippen LogP contribution in [-0.4, -0.2) is 18.0 Å². The summed E-state index contributed by atoms with van der Waals surface area (Å²) in [5, 5.41) is 3.38. The van der Waals surface area contributed by atoms with Gasteiger partial charge in [-0.15, -0.1) is 0 Å². The molecule has 0 amide bonds. The first-order valence-corrected chi connectivity index (χ1v) is 4.75. The molecule has 0 aromatic heterocycles. The van der Waals surface area contributed by atoms with Crippen molar-refractivity contribution in [2.24, 2.45) is 0 Å². The molecule has 1 N–H and O–H groups in total. The van der Waals surface area contributed by atoms with Crippen molar-refractivity contribution in [3.05, 3.63) is 0 Å². The van der Waals surface area contributed by atoms with E-state index in [1.54, 1.807) is 0 Å². The van der Waals surface area contributed by atoms with E-state index in [1.807, 2.05) is 0 Å². The van der Waals surface area contributed by atoms with Crippen molar-refractivity contribution in [3.8, 4) is 0 Å². The van der Waals surface area contributed by atoms with Gasteiger partial charge in [-0.2, -0.15) is 0 Å². The highest BCUT2D eigenvalue weighted by molar-refractivity contribution is 4.98. The summed E-state index contributed by atoms with van der Waals surface area (Å²) in [5.41, 5.74) is 0.0989. The van der Waals surface area contributed by atoms with Crippen molar-refractivity contribution in [2.45, 2.75) is 50.0 Å². The highest BCUT2D eigenvalue weighted by Crippen LogP contribution is 2.42. The Labute approximate surface area is 71.5 Å². The van der Waals surface area contributed by atoms with Crippen LogP contribution in [0.25, 0.3) is 0 Å². The summed E-state index contributed by atoms with van der Waals surface area (Å²) in [5.74, 6) is -2.38. The van der Waals surface area contributed by atoms with Gasteiger partial charge in [0.15, 0.2) is 0 Å². The molecule has 1 spiro atoms. The molecule has 0 aromatic rings. The van der Waals surface area contributed by atoms with Crippen LogP contribution in [0.1, 0.15) is 38.5 Å². The van der Waals surface area contributed by atoms with Crippen molar-refractivity contribution in [1.82, 2.24) is 5.32 Å². The summed E-state index contributed by atoms with van der Waals surface area (Å²) in [6, 6.07) is 0. The standard InChI is InChI=1S/C9H15F2N/c10-9(11)5-3-8(4-6-9)2-1-7-12-8/h12H,1-7H2. The van der Waals surface area contributed by atoms with Crippen LogP contribution < -0.4 is 5.32 Å². The minimum atomic E-state index is -2.38. The van der Waals surface area contributed by atoms with E-state index in [1.165, 1.54) is 0 Å². The second-order valence-corrected chi connectivity index (χ2v) is 4.17. The van der Waals surface area contributed by atoms with E-state index in [2.05, 4.69) is 5.32 Å². The Morgan fingerprint density at radius 2 is 1.58 bits per heavy atom. The largest absolute Gasteiger partial charge is 0.311 e. The summed E-state index contributed by atoms with van der Waals surface area (Å²) in [6.07, 6.45) is 3.76.